The van der Waals surface area contributed by atoms with Gasteiger partial charge in [-0.15, -0.1) is 0 Å². The molecule has 0 bridgehead atoms. The first-order valence-electron chi connectivity index (χ1n) is 5.34. The summed E-state index contributed by atoms with van der Waals surface area (Å²) in [6.45, 7) is 0.399. The second-order valence-electron chi connectivity index (χ2n) is 3.88. The first-order chi connectivity index (χ1) is 8.16. The molecular weight excluding hydrogens is 220 g/mol. The summed E-state index contributed by atoms with van der Waals surface area (Å²) in [7, 11) is 0. The summed E-state index contributed by atoms with van der Waals surface area (Å²) < 4.78 is 5.34. The van der Waals surface area contributed by atoms with E-state index in [1.165, 1.54) is 0 Å². The number of carboxylic acid groups (broad SMARTS) is 1. The maximum Gasteiger partial charge on any atom is 0.304 e. The average molecular weight is 234 g/mol. The minimum absolute atomic E-state index is 0.0528. The normalized spacial score (nSPS) is 12.5. The van der Waals surface area contributed by atoms with Crippen molar-refractivity contribution in [3.63, 3.8) is 0 Å². The molecule has 5 heteroatoms. The third kappa shape index (κ3) is 2.76. The highest BCUT2D eigenvalue weighted by Crippen LogP contribution is 2.24. The molecule has 1 atom stereocenters. The third-order valence-electron chi connectivity index (χ3n) is 2.47. The summed E-state index contributed by atoms with van der Waals surface area (Å²) in [5.41, 5.74) is 7.29. The molecule has 0 saturated heterocycles. The van der Waals surface area contributed by atoms with E-state index >= 15 is 0 Å². The molecule has 90 valence electrons. The van der Waals surface area contributed by atoms with Gasteiger partial charge in [0.15, 0.2) is 0 Å². The number of aliphatic carboxylic acids is 1. The van der Waals surface area contributed by atoms with Crippen LogP contribution in [0, 0.1) is 0 Å². The fourth-order valence-corrected chi connectivity index (χ4v) is 1.65. The van der Waals surface area contributed by atoms with Crippen molar-refractivity contribution < 1.29 is 14.3 Å². The molecule has 4 N–H and O–H groups in total. The lowest BCUT2D eigenvalue weighted by atomic mass is 10.2. The van der Waals surface area contributed by atoms with Crippen molar-refractivity contribution in [1.29, 1.82) is 0 Å². The zero-order valence-corrected chi connectivity index (χ0v) is 9.22. The van der Waals surface area contributed by atoms with Crippen molar-refractivity contribution in [2.24, 2.45) is 5.73 Å². The zero-order chi connectivity index (χ0) is 12.3. The van der Waals surface area contributed by atoms with E-state index in [0.29, 0.717) is 6.54 Å². The van der Waals surface area contributed by atoms with Gasteiger partial charge in [0.25, 0.3) is 0 Å². The van der Waals surface area contributed by atoms with Gasteiger partial charge < -0.3 is 20.6 Å². The molecule has 0 spiro atoms. The van der Waals surface area contributed by atoms with Gasteiger partial charge in [-0.25, -0.2) is 0 Å². The van der Waals surface area contributed by atoms with E-state index in [9.17, 15) is 4.79 Å². The first kappa shape index (κ1) is 11.5. The number of para-hydroxylation sites is 1. The summed E-state index contributed by atoms with van der Waals surface area (Å²) in [4.78, 5) is 10.5. The van der Waals surface area contributed by atoms with Crippen molar-refractivity contribution in [3.05, 3.63) is 30.5 Å². The Balaban J connectivity index is 2.02. The number of rotatable bonds is 5. The molecule has 5 nitrogen and oxygen atoms in total. The van der Waals surface area contributed by atoms with Crippen LogP contribution in [0.4, 0.5) is 5.69 Å². The Kier molecular flexibility index (Phi) is 3.30. The van der Waals surface area contributed by atoms with E-state index in [-0.39, 0.29) is 6.42 Å². The number of carboxylic acids is 1. The Morgan fingerprint density at radius 1 is 1.47 bits per heavy atom. The van der Waals surface area contributed by atoms with Gasteiger partial charge in [0.05, 0.1) is 12.1 Å². The van der Waals surface area contributed by atoms with Gasteiger partial charge in [-0.1, -0.05) is 12.1 Å². The van der Waals surface area contributed by atoms with Crippen LogP contribution in [0.25, 0.3) is 11.0 Å². The SMILES string of the molecule is NC(CNc1coc2ccccc12)CC(=O)O. The van der Waals surface area contributed by atoms with Crippen LogP contribution in [-0.2, 0) is 4.79 Å². The van der Waals surface area contributed by atoms with Crippen LogP contribution < -0.4 is 11.1 Å². The highest BCUT2D eigenvalue weighted by molar-refractivity contribution is 5.90. The standard InChI is InChI=1S/C12H14N2O3/c13-8(5-12(15)16)6-14-10-7-17-11-4-2-1-3-9(10)11/h1-4,7-8,14H,5-6,13H2,(H,15,16). The smallest absolute Gasteiger partial charge is 0.304 e. The molecule has 2 aromatic rings. The maximum absolute atomic E-state index is 10.5. The van der Waals surface area contributed by atoms with E-state index in [2.05, 4.69) is 5.32 Å². The van der Waals surface area contributed by atoms with Crippen LogP contribution >= 0.6 is 0 Å². The van der Waals surface area contributed by atoms with Gasteiger partial charge in [-0.2, -0.15) is 0 Å². The number of benzene rings is 1. The minimum atomic E-state index is -0.892. The van der Waals surface area contributed by atoms with Crippen molar-refractivity contribution in [1.82, 2.24) is 0 Å². The van der Waals surface area contributed by atoms with Crippen molar-refractivity contribution in [2.45, 2.75) is 12.5 Å². The zero-order valence-electron chi connectivity index (χ0n) is 9.22. The lowest BCUT2D eigenvalue weighted by Crippen LogP contribution is -2.31. The highest BCUT2D eigenvalue weighted by atomic mass is 16.4. The third-order valence-corrected chi connectivity index (χ3v) is 2.47. The van der Waals surface area contributed by atoms with Gasteiger partial charge in [-0.3, -0.25) is 4.79 Å². The van der Waals surface area contributed by atoms with Crippen molar-refractivity contribution in [2.75, 3.05) is 11.9 Å². The number of nitrogens with one attached hydrogen (secondary N) is 1. The van der Waals surface area contributed by atoms with Crippen LogP contribution in [-0.4, -0.2) is 23.7 Å². The fraction of sp³-hybridized carbons (Fsp3) is 0.250. The van der Waals surface area contributed by atoms with Crippen LogP contribution in [0.3, 0.4) is 0 Å². The maximum atomic E-state index is 10.5. The molecule has 0 fully saturated rings. The lowest BCUT2D eigenvalue weighted by Gasteiger charge is -2.10. The van der Waals surface area contributed by atoms with Crippen molar-refractivity contribution in [3.8, 4) is 0 Å². The van der Waals surface area contributed by atoms with Gasteiger partial charge in [-0.05, 0) is 12.1 Å². The number of furan rings is 1. The molecule has 1 aromatic heterocycles. The van der Waals surface area contributed by atoms with Crippen molar-refractivity contribution >= 4 is 22.6 Å². The Hall–Kier alpha value is -2.01. The second-order valence-corrected chi connectivity index (χ2v) is 3.88. The molecule has 17 heavy (non-hydrogen) atoms. The quantitative estimate of drug-likeness (QED) is 0.732. The summed E-state index contributed by atoms with van der Waals surface area (Å²) >= 11 is 0. The predicted octanol–water partition coefficient (Wildman–Crippen LogP) is 1.65. The number of nitrogens with two attached hydrogens (primary N) is 1. The number of carbonyl (C=O) groups is 1. The fourth-order valence-electron chi connectivity index (χ4n) is 1.65. The van der Waals surface area contributed by atoms with Crippen LogP contribution in [0.1, 0.15) is 6.42 Å². The first-order valence-corrected chi connectivity index (χ1v) is 5.34. The monoisotopic (exact) mass is 234 g/mol. The Labute approximate surface area is 98.2 Å². The largest absolute Gasteiger partial charge is 0.481 e. The van der Waals surface area contributed by atoms with Crippen LogP contribution in [0.2, 0.25) is 0 Å². The molecule has 0 aliphatic carbocycles. The van der Waals surface area contributed by atoms with Gasteiger partial charge in [0.2, 0.25) is 0 Å². The minimum Gasteiger partial charge on any atom is -0.481 e. The van der Waals surface area contributed by atoms with E-state index in [0.717, 1.165) is 16.7 Å². The van der Waals surface area contributed by atoms with E-state index in [4.69, 9.17) is 15.3 Å². The number of hydrogen-bond acceptors (Lipinski definition) is 4. The number of anilines is 1. The summed E-state index contributed by atoms with van der Waals surface area (Å²) in [6.07, 6.45) is 1.56. The molecule has 1 aromatic carbocycles. The molecular formula is C12H14N2O3. The van der Waals surface area contributed by atoms with Crippen LogP contribution in [0.15, 0.2) is 34.9 Å². The summed E-state index contributed by atoms with van der Waals surface area (Å²) in [6, 6.07) is 7.20. The molecule has 0 aliphatic heterocycles. The number of fused-ring (bicyclic) bond motifs is 1. The van der Waals surface area contributed by atoms with Gasteiger partial charge >= 0.3 is 5.97 Å². The molecule has 2 rings (SSSR count). The Morgan fingerprint density at radius 2 is 2.24 bits per heavy atom. The van der Waals surface area contributed by atoms with E-state index in [1.54, 1.807) is 6.26 Å². The molecule has 0 radical (unpaired) electrons. The van der Waals surface area contributed by atoms with Gasteiger partial charge in [0, 0.05) is 18.0 Å². The van der Waals surface area contributed by atoms with Gasteiger partial charge in [0.1, 0.15) is 11.8 Å². The molecule has 0 aliphatic rings. The number of hydrogen-bond donors (Lipinski definition) is 3. The van der Waals surface area contributed by atoms with Crippen LogP contribution in [0.5, 0.6) is 0 Å². The highest BCUT2D eigenvalue weighted by Gasteiger charge is 2.09. The topological polar surface area (TPSA) is 88.5 Å². The second kappa shape index (κ2) is 4.88. The molecule has 0 amide bonds. The molecule has 1 unspecified atom stereocenters. The molecule has 0 saturated carbocycles. The summed E-state index contributed by atoms with van der Waals surface area (Å²) in [5.74, 6) is -0.892. The predicted molar refractivity (Wildman–Crippen MR) is 64.9 cm³/mol. The Bertz CT molecular complexity index is 521. The summed E-state index contributed by atoms with van der Waals surface area (Å²) in [5, 5.41) is 12.6. The van der Waals surface area contributed by atoms with E-state index in [1.807, 2.05) is 24.3 Å². The van der Waals surface area contributed by atoms with E-state index < -0.39 is 12.0 Å². The molecule has 1 heterocycles. The lowest BCUT2D eigenvalue weighted by molar-refractivity contribution is -0.137. The Morgan fingerprint density at radius 3 is 3.00 bits per heavy atom. The average Bonchev–Trinajstić information content (AvgIpc) is 2.69.